The fourth-order valence-electron chi connectivity index (χ4n) is 1.75. The molecule has 2 unspecified atom stereocenters. The molecule has 0 aliphatic heterocycles. The first kappa shape index (κ1) is 11.3. The van der Waals surface area contributed by atoms with E-state index < -0.39 is 0 Å². The largest absolute Gasteiger partial charge is 0.396 e. The molecule has 0 heterocycles. The number of aliphatic hydroxyl groups excluding tert-OH is 2. The van der Waals surface area contributed by atoms with Crippen molar-refractivity contribution in [2.24, 2.45) is 0 Å². The fourth-order valence-corrected chi connectivity index (χ4v) is 3.04. The molecule has 2 nitrogen and oxygen atoms in total. The maximum atomic E-state index is 9.76. The summed E-state index contributed by atoms with van der Waals surface area (Å²) in [5.41, 5.74) is 0. The minimum Gasteiger partial charge on any atom is -0.396 e. The first-order valence-corrected chi connectivity index (χ1v) is 6.30. The van der Waals surface area contributed by atoms with Gasteiger partial charge in [-0.05, 0) is 25.0 Å². The average molecular weight is 204 g/mol. The van der Waals surface area contributed by atoms with Crippen LogP contribution in [-0.4, -0.2) is 33.9 Å². The highest BCUT2D eigenvalue weighted by atomic mass is 32.2. The molecule has 0 aromatic rings. The summed E-state index contributed by atoms with van der Waals surface area (Å²) in [5.74, 6) is 0.984. The van der Waals surface area contributed by atoms with Crippen molar-refractivity contribution < 1.29 is 10.2 Å². The van der Waals surface area contributed by atoms with Crippen LogP contribution in [0.4, 0.5) is 0 Å². The molecular weight excluding hydrogens is 184 g/mol. The van der Waals surface area contributed by atoms with Crippen LogP contribution in [-0.2, 0) is 0 Å². The molecule has 1 aliphatic carbocycles. The van der Waals surface area contributed by atoms with Crippen LogP contribution in [0.3, 0.4) is 0 Å². The van der Waals surface area contributed by atoms with Gasteiger partial charge in [0.25, 0.3) is 0 Å². The van der Waals surface area contributed by atoms with Gasteiger partial charge in [0, 0.05) is 11.9 Å². The Labute approximate surface area is 84.7 Å². The molecule has 0 radical (unpaired) electrons. The van der Waals surface area contributed by atoms with Gasteiger partial charge < -0.3 is 10.2 Å². The number of thioether (sulfide) groups is 1. The van der Waals surface area contributed by atoms with E-state index in [0.29, 0.717) is 5.25 Å². The second-order valence-electron chi connectivity index (χ2n) is 3.69. The molecular formula is C10H20O2S. The Balaban J connectivity index is 2.19. The minimum atomic E-state index is -0.105. The van der Waals surface area contributed by atoms with Crippen molar-refractivity contribution in [3.63, 3.8) is 0 Å². The van der Waals surface area contributed by atoms with Gasteiger partial charge in [-0.15, -0.1) is 0 Å². The predicted molar refractivity (Wildman–Crippen MR) is 57.0 cm³/mol. The van der Waals surface area contributed by atoms with Crippen LogP contribution < -0.4 is 0 Å². The zero-order chi connectivity index (χ0) is 9.52. The second kappa shape index (κ2) is 6.68. The lowest BCUT2D eigenvalue weighted by Crippen LogP contribution is -2.21. The van der Waals surface area contributed by atoms with Crippen LogP contribution >= 0.6 is 11.8 Å². The highest BCUT2D eigenvalue weighted by molar-refractivity contribution is 7.99. The van der Waals surface area contributed by atoms with Crippen LogP contribution in [0, 0.1) is 0 Å². The van der Waals surface area contributed by atoms with Gasteiger partial charge in [0.15, 0.2) is 0 Å². The minimum absolute atomic E-state index is 0.105. The maximum Gasteiger partial charge on any atom is 0.0658 e. The molecule has 2 atom stereocenters. The Bertz CT molecular complexity index is 130. The first-order chi connectivity index (χ1) is 6.34. The third-order valence-corrected chi connectivity index (χ3v) is 4.05. The number of hydrogen-bond donors (Lipinski definition) is 2. The van der Waals surface area contributed by atoms with E-state index in [0.717, 1.165) is 25.0 Å². The summed E-state index contributed by atoms with van der Waals surface area (Å²) >= 11 is 1.83. The van der Waals surface area contributed by atoms with Gasteiger partial charge >= 0.3 is 0 Å². The van der Waals surface area contributed by atoms with Crippen molar-refractivity contribution in [1.82, 2.24) is 0 Å². The smallest absolute Gasteiger partial charge is 0.0658 e. The molecule has 78 valence electrons. The van der Waals surface area contributed by atoms with Gasteiger partial charge in [-0.25, -0.2) is 0 Å². The number of rotatable bonds is 4. The highest BCUT2D eigenvalue weighted by Gasteiger charge is 2.21. The Morgan fingerprint density at radius 3 is 2.69 bits per heavy atom. The van der Waals surface area contributed by atoms with Crippen molar-refractivity contribution >= 4 is 11.8 Å². The van der Waals surface area contributed by atoms with Crippen molar-refractivity contribution in [2.75, 3.05) is 12.4 Å². The molecule has 3 heteroatoms. The van der Waals surface area contributed by atoms with Gasteiger partial charge in [-0.3, -0.25) is 0 Å². The Kier molecular flexibility index (Phi) is 5.83. The molecule has 0 bridgehead atoms. The quantitative estimate of drug-likeness (QED) is 0.542. The van der Waals surface area contributed by atoms with E-state index in [1.807, 2.05) is 11.8 Å². The lowest BCUT2D eigenvalue weighted by molar-refractivity contribution is 0.163. The Hall–Kier alpha value is 0.270. The summed E-state index contributed by atoms with van der Waals surface area (Å²) in [5, 5.41) is 18.8. The molecule has 2 N–H and O–H groups in total. The monoisotopic (exact) mass is 204 g/mol. The second-order valence-corrected chi connectivity index (χ2v) is 5.04. The zero-order valence-corrected chi connectivity index (χ0v) is 8.93. The molecule has 0 aromatic carbocycles. The van der Waals surface area contributed by atoms with E-state index in [1.54, 1.807) is 0 Å². The van der Waals surface area contributed by atoms with Crippen molar-refractivity contribution in [3.05, 3.63) is 0 Å². The summed E-state index contributed by atoms with van der Waals surface area (Å²) in [7, 11) is 0. The van der Waals surface area contributed by atoms with Crippen LogP contribution in [0.5, 0.6) is 0 Å². The molecule has 1 aliphatic rings. The summed E-state index contributed by atoms with van der Waals surface area (Å²) in [4.78, 5) is 0. The third kappa shape index (κ3) is 4.34. The van der Waals surface area contributed by atoms with Gasteiger partial charge in [0.2, 0.25) is 0 Å². The highest BCUT2D eigenvalue weighted by Crippen LogP contribution is 2.27. The summed E-state index contributed by atoms with van der Waals surface area (Å²) in [6, 6.07) is 0. The maximum absolute atomic E-state index is 9.76. The van der Waals surface area contributed by atoms with E-state index in [-0.39, 0.29) is 12.7 Å². The molecule has 1 saturated carbocycles. The number of aliphatic hydroxyl groups is 2. The third-order valence-electron chi connectivity index (χ3n) is 2.55. The van der Waals surface area contributed by atoms with E-state index in [1.165, 1.54) is 19.3 Å². The lowest BCUT2D eigenvalue weighted by Gasteiger charge is -2.19. The van der Waals surface area contributed by atoms with Crippen LogP contribution in [0.25, 0.3) is 0 Å². The van der Waals surface area contributed by atoms with E-state index in [2.05, 4.69) is 0 Å². The molecule has 0 saturated heterocycles. The molecule has 0 spiro atoms. The van der Waals surface area contributed by atoms with Gasteiger partial charge in [-0.1, -0.05) is 19.3 Å². The molecule has 13 heavy (non-hydrogen) atoms. The lowest BCUT2D eigenvalue weighted by atomic mass is 10.1. The topological polar surface area (TPSA) is 40.5 Å². The average Bonchev–Trinajstić information content (AvgIpc) is 2.32. The molecule has 0 amide bonds. The predicted octanol–water partition coefficient (Wildman–Crippen LogP) is 1.80. The first-order valence-electron chi connectivity index (χ1n) is 5.25. The Morgan fingerprint density at radius 2 is 1.92 bits per heavy atom. The number of hydrogen-bond acceptors (Lipinski definition) is 3. The van der Waals surface area contributed by atoms with Gasteiger partial charge in [-0.2, -0.15) is 11.8 Å². The van der Waals surface area contributed by atoms with Crippen LogP contribution in [0.2, 0.25) is 0 Å². The van der Waals surface area contributed by atoms with Crippen molar-refractivity contribution in [1.29, 1.82) is 0 Å². The summed E-state index contributed by atoms with van der Waals surface area (Å²) < 4.78 is 0. The molecule has 1 rings (SSSR count). The summed E-state index contributed by atoms with van der Waals surface area (Å²) in [6.07, 6.45) is 6.58. The fraction of sp³-hybridized carbons (Fsp3) is 1.00. The van der Waals surface area contributed by atoms with Crippen LogP contribution in [0.1, 0.15) is 38.5 Å². The van der Waals surface area contributed by atoms with E-state index >= 15 is 0 Å². The van der Waals surface area contributed by atoms with Gasteiger partial charge in [0.05, 0.1) is 6.10 Å². The standard InChI is InChI=1S/C10H20O2S/c11-7-4-8-13-10-6-3-1-2-5-9(10)12/h9-12H,1-8H2. The van der Waals surface area contributed by atoms with Crippen molar-refractivity contribution in [2.45, 2.75) is 49.9 Å². The van der Waals surface area contributed by atoms with Crippen LogP contribution in [0.15, 0.2) is 0 Å². The SMILES string of the molecule is OCCCSC1CCCCCC1O. The van der Waals surface area contributed by atoms with Gasteiger partial charge in [0.1, 0.15) is 0 Å². The van der Waals surface area contributed by atoms with E-state index in [4.69, 9.17) is 5.11 Å². The molecule has 0 aromatic heterocycles. The van der Waals surface area contributed by atoms with Crippen molar-refractivity contribution in [3.8, 4) is 0 Å². The zero-order valence-electron chi connectivity index (χ0n) is 8.11. The van der Waals surface area contributed by atoms with E-state index in [9.17, 15) is 5.11 Å². The summed E-state index contributed by atoms with van der Waals surface area (Å²) in [6.45, 7) is 0.274. The Morgan fingerprint density at radius 1 is 1.15 bits per heavy atom. The molecule has 1 fully saturated rings. The normalized spacial score (nSPS) is 30.0.